The van der Waals surface area contributed by atoms with E-state index < -0.39 is 22.2 Å². The van der Waals surface area contributed by atoms with Crippen LogP contribution in [0.5, 0.6) is 0 Å². The molecule has 8 heteroatoms. The third-order valence-electron chi connectivity index (χ3n) is 2.16. The van der Waals surface area contributed by atoms with Crippen molar-refractivity contribution in [3.8, 4) is 5.69 Å². The van der Waals surface area contributed by atoms with E-state index in [1.807, 2.05) is 4.98 Å². The lowest BCUT2D eigenvalue weighted by Gasteiger charge is -2.08. The van der Waals surface area contributed by atoms with Gasteiger partial charge in [-0.05, 0) is 12.1 Å². The summed E-state index contributed by atoms with van der Waals surface area (Å²) < 4.78 is 13.9. The first-order valence-corrected chi connectivity index (χ1v) is 5.71. The Balaban J connectivity index is 2.94. The minimum Gasteiger partial charge on any atom is -0.295 e. The van der Waals surface area contributed by atoms with Crippen LogP contribution in [-0.2, 0) is 0 Å². The van der Waals surface area contributed by atoms with Gasteiger partial charge in [0, 0.05) is 0 Å². The van der Waals surface area contributed by atoms with Crippen molar-refractivity contribution in [2.45, 2.75) is 0 Å². The van der Waals surface area contributed by atoms with Gasteiger partial charge in [-0.15, -0.1) is 0 Å². The van der Waals surface area contributed by atoms with Gasteiger partial charge >= 0.3 is 5.69 Å². The molecule has 2 rings (SSSR count). The zero-order valence-corrected chi connectivity index (χ0v) is 10.8. The molecule has 0 aliphatic heterocycles. The zero-order valence-electron chi connectivity index (χ0n) is 8.51. The first kappa shape index (κ1) is 13.1. The number of hydrogen-bond acceptors (Lipinski definition) is 2. The van der Waals surface area contributed by atoms with E-state index in [4.69, 9.17) is 34.8 Å². The van der Waals surface area contributed by atoms with Crippen LogP contribution in [-0.4, -0.2) is 9.55 Å². The molecular formula is C10H4Cl3FN2O2. The van der Waals surface area contributed by atoms with Crippen LogP contribution in [0.15, 0.2) is 27.8 Å². The Morgan fingerprint density at radius 1 is 1.11 bits per heavy atom. The molecule has 1 aromatic carbocycles. The quantitative estimate of drug-likeness (QED) is 0.823. The second-order valence-electron chi connectivity index (χ2n) is 3.27. The van der Waals surface area contributed by atoms with Crippen molar-refractivity contribution in [1.82, 2.24) is 9.55 Å². The smallest absolute Gasteiger partial charge is 0.295 e. The second kappa shape index (κ2) is 4.76. The summed E-state index contributed by atoms with van der Waals surface area (Å²) in [7, 11) is 0. The molecule has 0 atom stereocenters. The van der Waals surface area contributed by atoms with Crippen molar-refractivity contribution >= 4 is 34.8 Å². The van der Waals surface area contributed by atoms with Gasteiger partial charge < -0.3 is 0 Å². The minimum atomic E-state index is -1.28. The maximum Gasteiger partial charge on any atom is 0.334 e. The molecule has 0 fully saturated rings. The number of benzene rings is 1. The molecule has 0 aliphatic rings. The highest BCUT2D eigenvalue weighted by Crippen LogP contribution is 2.26. The molecule has 0 amide bonds. The topological polar surface area (TPSA) is 54.9 Å². The summed E-state index contributed by atoms with van der Waals surface area (Å²) in [5.41, 5.74) is -2.25. The van der Waals surface area contributed by atoms with Crippen LogP contribution in [0.2, 0.25) is 15.2 Å². The number of halogens is 4. The Kier molecular flexibility index (Phi) is 3.47. The van der Waals surface area contributed by atoms with Gasteiger partial charge in [0.2, 0.25) is 5.82 Å². The molecule has 1 N–H and O–H groups in total. The predicted molar refractivity (Wildman–Crippen MR) is 67.6 cm³/mol. The van der Waals surface area contributed by atoms with Gasteiger partial charge in [-0.2, -0.15) is 4.39 Å². The SMILES string of the molecule is O=c1[nH]c(Cl)c(F)c(=O)n1-c1c(Cl)cccc1Cl. The Bertz CT molecular complexity index is 719. The van der Waals surface area contributed by atoms with Gasteiger partial charge in [0.15, 0.2) is 5.15 Å². The van der Waals surface area contributed by atoms with E-state index in [-0.39, 0.29) is 15.7 Å². The molecule has 4 nitrogen and oxygen atoms in total. The van der Waals surface area contributed by atoms with E-state index in [9.17, 15) is 14.0 Å². The van der Waals surface area contributed by atoms with Gasteiger partial charge in [-0.1, -0.05) is 40.9 Å². The van der Waals surface area contributed by atoms with Crippen LogP contribution in [0.4, 0.5) is 4.39 Å². The van der Waals surface area contributed by atoms with Crippen LogP contribution in [0, 0.1) is 5.82 Å². The van der Waals surface area contributed by atoms with Crippen molar-refractivity contribution in [1.29, 1.82) is 0 Å². The van der Waals surface area contributed by atoms with E-state index >= 15 is 0 Å². The standard InChI is InChI=1S/C10H4Cl3FN2O2/c11-4-2-1-3-5(12)7(4)16-9(17)6(14)8(13)15-10(16)18/h1-3H,(H,15,18). The molecule has 0 saturated carbocycles. The van der Waals surface area contributed by atoms with Gasteiger partial charge in [0.05, 0.1) is 15.7 Å². The highest BCUT2D eigenvalue weighted by Gasteiger charge is 2.17. The van der Waals surface area contributed by atoms with Crippen molar-refractivity contribution in [2.75, 3.05) is 0 Å². The van der Waals surface area contributed by atoms with Crippen LogP contribution >= 0.6 is 34.8 Å². The van der Waals surface area contributed by atoms with Crippen LogP contribution in [0.1, 0.15) is 0 Å². The monoisotopic (exact) mass is 308 g/mol. The average Bonchev–Trinajstić information content (AvgIpc) is 2.30. The summed E-state index contributed by atoms with van der Waals surface area (Å²) in [6, 6.07) is 4.36. The molecule has 0 spiro atoms. The van der Waals surface area contributed by atoms with Gasteiger partial charge in [0.1, 0.15) is 0 Å². The summed E-state index contributed by atoms with van der Waals surface area (Å²) in [5, 5.41) is -0.585. The molecule has 0 bridgehead atoms. The van der Waals surface area contributed by atoms with Crippen molar-refractivity contribution in [3.63, 3.8) is 0 Å². The molecule has 0 radical (unpaired) electrons. The van der Waals surface area contributed by atoms with Crippen LogP contribution in [0.3, 0.4) is 0 Å². The lowest BCUT2D eigenvalue weighted by atomic mass is 10.3. The number of para-hydroxylation sites is 1. The Hall–Kier alpha value is -1.30. The highest BCUT2D eigenvalue weighted by molar-refractivity contribution is 6.37. The molecule has 1 aromatic heterocycles. The van der Waals surface area contributed by atoms with Crippen molar-refractivity contribution in [3.05, 3.63) is 60.1 Å². The summed E-state index contributed by atoms with van der Waals surface area (Å²) in [5.74, 6) is -1.28. The Morgan fingerprint density at radius 3 is 2.22 bits per heavy atom. The van der Waals surface area contributed by atoms with Gasteiger partial charge in [-0.25, -0.2) is 9.36 Å². The number of nitrogens with one attached hydrogen (secondary N) is 1. The zero-order chi connectivity index (χ0) is 13.4. The first-order chi connectivity index (χ1) is 8.43. The number of aromatic nitrogens is 2. The first-order valence-electron chi connectivity index (χ1n) is 4.58. The number of rotatable bonds is 1. The number of hydrogen-bond donors (Lipinski definition) is 1. The van der Waals surface area contributed by atoms with E-state index in [1.165, 1.54) is 18.2 Å². The lowest BCUT2D eigenvalue weighted by molar-refractivity contribution is 0.584. The molecule has 0 saturated heterocycles. The summed E-state index contributed by atoms with van der Waals surface area (Å²) in [6.45, 7) is 0. The van der Waals surface area contributed by atoms with E-state index in [0.29, 0.717) is 4.57 Å². The fourth-order valence-corrected chi connectivity index (χ4v) is 2.12. The molecule has 1 heterocycles. The molecule has 18 heavy (non-hydrogen) atoms. The predicted octanol–water partition coefficient (Wildman–Crippen LogP) is 2.63. The largest absolute Gasteiger partial charge is 0.334 e. The number of H-pyrrole nitrogens is 1. The second-order valence-corrected chi connectivity index (χ2v) is 4.46. The maximum absolute atomic E-state index is 13.4. The van der Waals surface area contributed by atoms with Gasteiger partial charge in [-0.3, -0.25) is 9.78 Å². The maximum atomic E-state index is 13.4. The Morgan fingerprint density at radius 2 is 1.67 bits per heavy atom. The molecule has 0 unspecified atom stereocenters. The van der Waals surface area contributed by atoms with Crippen LogP contribution in [0.25, 0.3) is 5.69 Å². The number of aromatic amines is 1. The molecule has 0 aliphatic carbocycles. The summed E-state index contributed by atoms with van der Waals surface area (Å²) >= 11 is 17.0. The third kappa shape index (κ3) is 2.05. The summed E-state index contributed by atoms with van der Waals surface area (Å²) in [6.07, 6.45) is 0. The van der Waals surface area contributed by atoms with Crippen LogP contribution < -0.4 is 11.2 Å². The average molecular weight is 310 g/mol. The Labute approximate surface area is 115 Å². The fourth-order valence-electron chi connectivity index (χ4n) is 1.39. The highest BCUT2D eigenvalue weighted by atomic mass is 35.5. The van der Waals surface area contributed by atoms with Gasteiger partial charge in [0.25, 0.3) is 5.56 Å². The van der Waals surface area contributed by atoms with E-state index in [2.05, 4.69) is 0 Å². The normalized spacial score (nSPS) is 10.7. The lowest BCUT2D eigenvalue weighted by Crippen LogP contribution is -2.36. The fraction of sp³-hybridized carbons (Fsp3) is 0. The van der Waals surface area contributed by atoms with E-state index in [1.54, 1.807) is 0 Å². The van der Waals surface area contributed by atoms with E-state index in [0.717, 1.165) is 0 Å². The molecule has 94 valence electrons. The van der Waals surface area contributed by atoms with Crippen molar-refractivity contribution in [2.24, 2.45) is 0 Å². The third-order valence-corrected chi connectivity index (χ3v) is 3.03. The van der Waals surface area contributed by atoms with Crippen molar-refractivity contribution < 1.29 is 4.39 Å². The molecular weight excluding hydrogens is 305 g/mol. The number of nitrogens with zero attached hydrogens (tertiary/aromatic N) is 1. The minimum absolute atomic E-state index is 0.0387. The summed E-state index contributed by atoms with van der Waals surface area (Å²) in [4.78, 5) is 25.3. The molecule has 2 aromatic rings.